The molecular formula is C14H13N3O4S. The van der Waals surface area contributed by atoms with Gasteiger partial charge in [-0.1, -0.05) is 18.2 Å². The van der Waals surface area contributed by atoms with Gasteiger partial charge in [0.1, 0.15) is 5.75 Å². The minimum atomic E-state index is -0.484. The number of nitro groups is 1. The highest BCUT2D eigenvalue weighted by Crippen LogP contribution is 2.19. The van der Waals surface area contributed by atoms with Gasteiger partial charge in [0.05, 0.1) is 21.4 Å². The number of hydrogen-bond acceptors (Lipinski definition) is 6. The quantitative estimate of drug-likeness (QED) is 0.503. The lowest BCUT2D eigenvalue weighted by molar-refractivity contribution is -0.384. The number of aryl methyl sites for hydroxylation is 1. The van der Waals surface area contributed by atoms with Gasteiger partial charge in [-0.3, -0.25) is 14.9 Å². The third-order valence-electron chi connectivity index (χ3n) is 2.65. The molecule has 8 heteroatoms. The summed E-state index contributed by atoms with van der Waals surface area (Å²) in [4.78, 5) is 22.2. The number of carbonyl (C=O) groups excluding carboxylic acids is 1. The van der Waals surface area contributed by atoms with Crippen LogP contribution in [0.25, 0.3) is 0 Å². The van der Waals surface area contributed by atoms with Crippen LogP contribution in [0.5, 0.6) is 5.75 Å². The number of nitrogens with zero attached hydrogens (tertiary/aromatic N) is 2. The zero-order valence-corrected chi connectivity index (χ0v) is 12.5. The van der Waals surface area contributed by atoms with Crippen LogP contribution in [0, 0.1) is 17.0 Å². The van der Waals surface area contributed by atoms with E-state index in [0.717, 1.165) is 5.56 Å². The molecule has 0 saturated carbocycles. The van der Waals surface area contributed by atoms with Crippen LogP contribution in [0.3, 0.4) is 0 Å². The van der Waals surface area contributed by atoms with Crippen molar-refractivity contribution in [3.05, 3.63) is 56.3 Å². The highest BCUT2D eigenvalue weighted by Gasteiger charge is 2.08. The van der Waals surface area contributed by atoms with Gasteiger partial charge in [0.2, 0.25) is 0 Å². The molecule has 0 bridgehead atoms. The Bertz CT molecular complexity index is 712. The van der Waals surface area contributed by atoms with Crippen molar-refractivity contribution in [3.8, 4) is 5.75 Å². The number of rotatable bonds is 6. The van der Waals surface area contributed by atoms with Gasteiger partial charge in [0.25, 0.3) is 11.6 Å². The van der Waals surface area contributed by atoms with E-state index in [4.69, 9.17) is 4.74 Å². The largest absolute Gasteiger partial charge is 0.483 e. The Morgan fingerprint density at radius 3 is 2.95 bits per heavy atom. The van der Waals surface area contributed by atoms with Crippen LogP contribution in [-0.2, 0) is 4.79 Å². The molecule has 2 rings (SSSR count). The van der Waals surface area contributed by atoms with Gasteiger partial charge in [0, 0.05) is 6.07 Å². The summed E-state index contributed by atoms with van der Waals surface area (Å²) >= 11 is 1.17. The fourth-order valence-electron chi connectivity index (χ4n) is 1.57. The molecule has 1 heterocycles. The van der Waals surface area contributed by atoms with Crippen molar-refractivity contribution in [2.24, 2.45) is 5.10 Å². The molecule has 1 aromatic heterocycles. The molecule has 0 radical (unpaired) electrons. The fourth-order valence-corrected chi connectivity index (χ4v) is 2.28. The lowest BCUT2D eigenvalue weighted by Gasteiger charge is -2.07. The summed E-state index contributed by atoms with van der Waals surface area (Å²) in [6.45, 7) is 1.72. The molecule has 22 heavy (non-hydrogen) atoms. The third-order valence-corrected chi connectivity index (χ3v) is 3.50. The number of ether oxygens (including phenoxy) is 1. The summed E-state index contributed by atoms with van der Waals surface area (Å²) < 4.78 is 5.36. The van der Waals surface area contributed by atoms with E-state index in [-0.39, 0.29) is 12.3 Å². The lowest BCUT2D eigenvalue weighted by atomic mass is 10.2. The van der Waals surface area contributed by atoms with E-state index in [1.54, 1.807) is 6.07 Å². The van der Waals surface area contributed by atoms with Crippen LogP contribution >= 0.6 is 11.3 Å². The molecular weight excluding hydrogens is 306 g/mol. The summed E-state index contributed by atoms with van der Waals surface area (Å²) in [6, 6.07) is 8.74. The lowest BCUT2D eigenvalue weighted by Crippen LogP contribution is -2.24. The van der Waals surface area contributed by atoms with Gasteiger partial charge in [-0.25, -0.2) is 5.43 Å². The van der Waals surface area contributed by atoms with E-state index >= 15 is 0 Å². The Morgan fingerprint density at radius 1 is 1.50 bits per heavy atom. The van der Waals surface area contributed by atoms with Gasteiger partial charge >= 0.3 is 0 Å². The predicted octanol–water partition coefficient (Wildman–Crippen LogP) is 2.49. The summed E-state index contributed by atoms with van der Waals surface area (Å²) in [5.74, 6) is 0.223. The number of carbonyl (C=O) groups is 1. The van der Waals surface area contributed by atoms with Crippen LogP contribution in [-0.4, -0.2) is 23.7 Å². The van der Waals surface area contributed by atoms with Crippen molar-refractivity contribution >= 4 is 29.1 Å². The average molecular weight is 319 g/mol. The highest BCUT2D eigenvalue weighted by atomic mass is 32.1. The third kappa shape index (κ3) is 4.38. The van der Waals surface area contributed by atoms with Crippen molar-refractivity contribution < 1.29 is 14.5 Å². The molecule has 7 nitrogen and oxygen atoms in total. The van der Waals surface area contributed by atoms with E-state index < -0.39 is 10.8 Å². The summed E-state index contributed by atoms with van der Waals surface area (Å²) in [5, 5.41) is 15.7. The molecule has 114 valence electrons. The maximum atomic E-state index is 11.6. The molecule has 0 spiro atoms. The monoisotopic (exact) mass is 319 g/mol. The van der Waals surface area contributed by atoms with Crippen molar-refractivity contribution in [2.75, 3.05) is 6.61 Å². The number of nitrogens with one attached hydrogen (secondary N) is 1. The van der Waals surface area contributed by atoms with Crippen LogP contribution in [0.2, 0.25) is 0 Å². The van der Waals surface area contributed by atoms with Crippen LogP contribution in [0.4, 0.5) is 5.69 Å². The van der Waals surface area contributed by atoms with Gasteiger partial charge in [-0.2, -0.15) is 5.10 Å². The SMILES string of the molecule is Cc1ccccc1OCC(=O)N/N=C\c1cc([N+](=O)[O-])cs1. The first-order valence-electron chi connectivity index (χ1n) is 6.29. The normalized spacial score (nSPS) is 10.6. The highest BCUT2D eigenvalue weighted by molar-refractivity contribution is 7.12. The van der Waals surface area contributed by atoms with E-state index in [9.17, 15) is 14.9 Å². The first-order valence-corrected chi connectivity index (χ1v) is 7.17. The molecule has 0 unspecified atom stereocenters. The topological polar surface area (TPSA) is 93.8 Å². The minimum absolute atomic E-state index is 0.000614. The molecule has 0 aliphatic rings. The van der Waals surface area contributed by atoms with E-state index in [0.29, 0.717) is 10.6 Å². The Kier molecular flexibility index (Phi) is 5.21. The maximum absolute atomic E-state index is 11.6. The molecule has 1 amide bonds. The van der Waals surface area contributed by atoms with E-state index in [1.807, 2.05) is 25.1 Å². The fraction of sp³-hybridized carbons (Fsp3) is 0.143. The Balaban J connectivity index is 1.81. The molecule has 1 N–H and O–H groups in total. The second-order valence-corrected chi connectivity index (χ2v) is 5.25. The number of benzene rings is 1. The smallest absolute Gasteiger partial charge is 0.280 e. The second kappa shape index (κ2) is 7.32. The summed E-state index contributed by atoms with van der Waals surface area (Å²) in [6.07, 6.45) is 1.35. The predicted molar refractivity (Wildman–Crippen MR) is 83.4 cm³/mol. The molecule has 0 aliphatic heterocycles. The van der Waals surface area contributed by atoms with Crippen LogP contribution in [0.15, 0.2) is 40.8 Å². The van der Waals surface area contributed by atoms with Gasteiger partial charge < -0.3 is 4.74 Å². The zero-order valence-electron chi connectivity index (χ0n) is 11.7. The van der Waals surface area contributed by atoms with E-state index in [2.05, 4.69) is 10.5 Å². The number of thiophene rings is 1. The summed E-state index contributed by atoms with van der Waals surface area (Å²) in [7, 11) is 0. The van der Waals surface area contributed by atoms with Gasteiger partial charge in [0.15, 0.2) is 6.61 Å². The molecule has 0 aliphatic carbocycles. The van der Waals surface area contributed by atoms with Gasteiger partial charge in [-0.05, 0) is 18.6 Å². The first-order chi connectivity index (χ1) is 10.6. The number of amides is 1. The number of para-hydroxylation sites is 1. The second-order valence-electron chi connectivity index (χ2n) is 4.31. The Hall–Kier alpha value is -2.74. The van der Waals surface area contributed by atoms with Gasteiger partial charge in [-0.15, -0.1) is 11.3 Å². The Morgan fingerprint density at radius 2 is 2.27 bits per heavy atom. The van der Waals surface area contributed by atoms with Crippen molar-refractivity contribution in [3.63, 3.8) is 0 Å². The first kappa shape index (κ1) is 15.6. The summed E-state index contributed by atoms with van der Waals surface area (Å²) in [5.41, 5.74) is 3.24. The molecule has 2 aromatic rings. The Labute approximate surface area is 130 Å². The van der Waals surface area contributed by atoms with Crippen molar-refractivity contribution in [2.45, 2.75) is 6.92 Å². The van der Waals surface area contributed by atoms with Crippen molar-refractivity contribution in [1.82, 2.24) is 5.43 Å². The minimum Gasteiger partial charge on any atom is -0.483 e. The molecule has 0 fully saturated rings. The zero-order chi connectivity index (χ0) is 15.9. The van der Waals surface area contributed by atoms with E-state index in [1.165, 1.54) is 29.0 Å². The van der Waals surface area contributed by atoms with Crippen LogP contribution in [0.1, 0.15) is 10.4 Å². The maximum Gasteiger partial charge on any atom is 0.280 e. The van der Waals surface area contributed by atoms with Crippen molar-refractivity contribution in [1.29, 1.82) is 0 Å². The molecule has 0 saturated heterocycles. The number of hydrazone groups is 1. The van der Waals surface area contributed by atoms with Crippen LogP contribution < -0.4 is 10.2 Å². The molecule has 0 atom stereocenters. The standard InChI is InChI=1S/C14H13N3O4S/c1-10-4-2-3-5-13(10)21-8-14(18)16-15-7-12-6-11(9-22-12)17(19)20/h2-7,9H,8H2,1H3,(H,16,18)/b15-7-. The number of hydrogen-bond donors (Lipinski definition) is 1. The average Bonchev–Trinajstić information content (AvgIpc) is 2.95. The molecule has 1 aromatic carbocycles.